The first-order chi connectivity index (χ1) is 7.27. The molecule has 1 N–H and O–H groups in total. The van der Waals surface area contributed by atoms with E-state index in [-0.39, 0.29) is 11.7 Å². The Morgan fingerprint density at radius 1 is 1.27 bits per heavy atom. The van der Waals surface area contributed by atoms with E-state index in [1.165, 1.54) is 0 Å². The fraction of sp³-hybridized carbons (Fsp3) is 1.00. The summed E-state index contributed by atoms with van der Waals surface area (Å²) in [6.07, 6.45) is 3.14. The van der Waals surface area contributed by atoms with Crippen LogP contribution in [0.25, 0.3) is 0 Å². The Labute approximate surface area is 90.2 Å². The second-order valence-electron chi connectivity index (χ2n) is 5.09. The molecule has 3 aliphatic rings. The predicted octanol–water partition coefficient (Wildman–Crippen LogP) is 0.00100. The highest BCUT2D eigenvalue weighted by Gasteiger charge is 2.44. The minimum Gasteiger partial charge on any atom is -0.390 e. The van der Waals surface area contributed by atoms with Crippen molar-refractivity contribution in [1.29, 1.82) is 0 Å². The maximum absolute atomic E-state index is 9.31. The molecule has 2 atom stereocenters. The van der Waals surface area contributed by atoms with Gasteiger partial charge in [-0.1, -0.05) is 0 Å². The van der Waals surface area contributed by atoms with Crippen LogP contribution in [0.15, 0.2) is 0 Å². The number of aliphatic hydroxyl groups is 1. The molecular weight excluding hydrogens is 194 g/mol. The molecule has 0 aromatic heterocycles. The van der Waals surface area contributed by atoms with Crippen LogP contribution in [0, 0.1) is 0 Å². The quantitative estimate of drug-likeness (QED) is 0.666. The summed E-state index contributed by atoms with van der Waals surface area (Å²) in [4.78, 5) is 2.38. The van der Waals surface area contributed by atoms with E-state index < -0.39 is 0 Å². The van der Waals surface area contributed by atoms with E-state index in [4.69, 9.17) is 9.47 Å². The van der Waals surface area contributed by atoms with Crippen LogP contribution < -0.4 is 0 Å². The third kappa shape index (κ3) is 1.80. The predicted molar refractivity (Wildman–Crippen MR) is 54.7 cm³/mol. The van der Waals surface area contributed by atoms with Crippen LogP contribution in [0.1, 0.15) is 19.3 Å². The van der Waals surface area contributed by atoms with E-state index >= 15 is 0 Å². The molecule has 15 heavy (non-hydrogen) atoms. The van der Waals surface area contributed by atoms with Gasteiger partial charge in [0.05, 0.1) is 18.3 Å². The van der Waals surface area contributed by atoms with Crippen molar-refractivity contribution in [3.63, 3.8) is 0 Å². The molecule has 3 saturated heterocycles. The Morgan fingerprint density at radius 2 is 2.13 bits per heavy atom. The normalized spacial score (nSPS) is 43.4. The first-order valence-corrected chi connectivity index (χ1v) is 5.91. The van der Waals surface area contributed by atoms with Gasteiger partial charge in [-0.15, -0.1) is 0 Å². The molecule has 3 rings (SSSR count). The number of likely N-dealkylation sites (tertiary alicyclic amines) is 1. The van der Waals surface area contributed by atoms with Gasteiger partial charge in [-0.3, -0.25) is 4.90 Å². The van der Waals surface area contributed by atoms with Crippen molar-refractivity contribution in [2.75, 3.05) is 32.9 Å². The van der Waals surface area contributed by atoms with Crippen molar-refractivity contribution < 1.29 is 14.6 Å². The van der Waals surface area contributed by atoms with Crippen molar-refractivity contribution in [3.05, 3.63) is 0 Å². The van der Waals surface area contributed by atoms with E-state index in [1.54, 1.807) is 0 Å². The molecule has 4 nitrogen and oxygen atoms in total. The number of hydrogen-bond donors (Lipinski definition) is 1. The highest BCUT2D eigenvalue weighted by molar-refractivity contribution is 4.96. The van der Waals surface area contributed by atoms with Crippen LogP contribution in [0.2, 0.25) is 0 Å². The van der Waals surface area contributed by atoms with E-state index in [0.29, 0.717) is 6.04 Å². The first-order valence-electron chi connectivity index (χ1n) is 5.91. The molecule has 0 amide bonds. The summed E-state index contributed by atoms with van der Waals surface area (Å²) in [6, 6.07) is 0.601. The van der Waals surface area contributed by atoms with Gasteiger partial charge in [-0.25, -0.2) is 0 Å². The zero-order chi connectivity index (χ0) is 10.3. The summed E-state index contributed by atoms with van der Waals surface area (Å²) in [5, 5.41) is 9.31. The summed E-state index contributed by atoms with van der Waals surface area (Å²) >= 11 is 0. The van der Waals surface area contributed by atoms with Gasteiger partial charge in [0, 0.05) is 38.8 Å². The van der Waals surface area contributed by atoms with Crippen LogP contribution in [0.3, 0.4) is 0 Å². The lowest BCUT2D eigenvalue weighted by atomic mass is 9.87. The molecule has 0 aliphatic carbocycles. The number of aliphatic hydroxyl groups excluding tert-OH is 1. The third-order valence-electron chi connectivity index (χ3n) is 3.94. The number of hydrogen-bond acceptors (Lipinski definition) is 4. The molecule has 0 radical (unpaired) electrons. The Morgan fingerprint density at radius 3 is 2.80 bits per heavy atom. The van der Waals surface area contributed by atoms with Gasteiger partial charge in [0.2, 0.25) is 0 Å². The average Bonchev–Trinajstić information content (AvgIpc) is 2.62. The van der Waals surface area contributed by atoms with Crippen molar-refractivity contribution in [2.24, 2.45) is 0 Å². The summed E-state index contributed by atoms with van der Waals surface area (Å²) in [7, 11) is 0. The molecule has 0 aromatic rings. The van der Waals surface area contributed by atoms with Crippen molar-refractivity contribution >= 4 is 0 Å². The molecule has 86 valence electrons. The van der Waals surface area contributed by atoms with Gasteiger partial charge in [0.25, 0.3) is 0 Å². The minimum absolute atomic E-state index is 0.00343. The monoisotopic (exact) mass is 213 g/mol. The second-order valence-corrected chi connectivity index (χ2v) is 5.09. The number of nitrogens with zero attached hydrogens (tertiary/aromatic N) is 1. The molecule has 0 saturated carbocycles. The number of rotatable bonds is 1. The average molecular weight is 213 g/mol. The smallest absolute Gasteiger partial charge is 0.0951 e. The fourth-order valence-electron chi connectivity index (χ4n) is 2.96. The van der Waals surface area contributed by atoms with Crippen LogP contribution >= 0.6 is 0 Å². The van der Waals surface area contributed by atoms with Crippen molar-refractivity contribution in [2.45, 2.75) is 37.0 Å². The van der Waals surface area contributed by atoms with Crippen LogP contribution in [0.5, 0.6) is 0 Å². The Bertz CT molecular complexity index is 234. The Hall–Kier alpha value is -0.160. The summed E-state index contributed by atoms with van der Waals surface area (Å²) < 4.78 is 11.3. The molecule has 0 aromatic carbocycles. The van der Waals surface area contributed by atoms with Gasteiger partial charge in [0.1, 0.15) is 0 Å². The molecular formula is C11H19NO3. The maximum atomic E-state index is 9.31. The summed E-state index contributed by atoms with van der Waals surface area (Å²) in [5.41, 5.74) is 0.00343. The van der Waals surface area contributed by atoms with Crippen molar-refractivity contribution in [3.8, 4) is 0 Å². The van der Waals surface area contributed by atoms with Crippen LogP contribution in [0.4, 0.5) is 0 Å². The molecule has 1 spiro atoms. The minimum atomic E-state index is -0.0939. The molecule has 3 fully saturated rings. The lowest BCUT2D eigenvalue weighted by molar-refractivity contribution is -0.128. The summed E-state index contributed by atoms with van der Waals surface area (Å²) in [5.74, 6) is 0. The highest BCUT2D eigenvalue weighted by Crippen LogP contribution is 2.35. The van der Waals surface area contributed by atoms with E-state index in [1.807, 2.05) is 0 Å². The van der Waals surface area contributed by atoms with Gasteiger partial charge in [-0.2, -0.15) is 0 Å². The van der Waals surface area contributed by atoms with Crippen molar-refractivity contribution in [1.82, 2.24) is 4.90 Å². The highest BCUT2D eigenvalue weighted by atomic mass is 16.6. The van der Waals surface area contributed by atoms with Gasteiger partial charge >= 0.3 is 0 Å². The Kier molecular flexibility index (Phi) is 2.47. The van der Waals surface area contributed by atoms with Crippen LogP contribution in [-0.4, -0.2) is 60.7 Å². The Balaban J connectivity index is 1.61. The van der Waals surface area contributed by atoms with Crippen LogP contribution in [-0.2, 0) is 9.47 Å². The lowest BCUT2D eigenvalue weighted by Gasteiger charge is -2.47. The van der Waals surface area contributed by atoms with E-state index in [2.05, 4.69) is 4.90 Å². The SMILES string of the molecule is OC1CN(C2CCOC3(CCOC3)C2)C1. The lowest BCUT2D eigenvalue weighted by Crippen LogP contribution is -2.59. The zero-order valence-electron chi connectivity index (χ0n) is 9.02. The largest absolute Gasteiger partial charge is 0.390 e. The van der Waals surface area contributed by atoms with Gasteiger partial charge in [0.15, 0.2) is 0 Å². The molecule has 4 heteroatoms. The van der Waals surface area contributed by atoms with E-state index in [0.717, 1.165) is 52.2 Å². The molecule has 0 bridgehead atoms. The second kappa shape index (κ2) is 3.70. The topological polar surface area (TPSA) is 41.9 Å². The van der Waals surface area contributed by atoms with Gasteiger partial charge < -0.3 is 14.6 Å². The third-order valence-corrected chi connectivity index (χ3v) is 3.94. The van der Waals surface area contributed by atoms with Gasteiger partial charge in [-0.05, 0) is 12.8 Å². The maximum Gasteiger partial charge on any atom is 0.0951 e. The van der Waals surface area contributed by atoms with E-state index in [9.17, 15) is 5.11 Å². The molecule has 2 unspecified atom stereocenters. The molecule has 3 aliphatic heterocycles. The summed E-state index contributed by atoms with van der Waals surface area (Å²) in [6.45, 7) is 4.15. The fourth-order valence-corrected chi connectivity index (χ4v) is 2.96. The zero-order valence-corrected chi connectivity index (χ0v) is 9.02. The number of ether oxygens (including phenoxy) is 2. The first kappa shape index (κ1) is 10.0. The number of β-amino-alcohol motifs (C(OH)–C–C–N with tert-alkyl or cyclic N) is 1. The molecule has 3 heterocycles. The standard InChI is InChI=1S/C11H19NO3/c13-10-6-12(7-10)9-1-3-15-11(5-9)2-4-14-8-11/h9-10,13H,1-8H2.